The van der Waals surface area contributed by atoms with Crippen molar-refractivity contribution < 1.29 is 0 Å². The molecular formula is C12H15I. The van der Waals surface area contributed by atoms with Crippen LogP contribution < -0.4 is 0 Å². The fourth-order valence-corrected chi connectivity index (χ4v) is 2.89. The van der Waals surface area contributed by atoms with Gasteiger partial charge in [-0.1, -0.05) is 58.5 Å². The highest BCUT2D eigenvalue weighted by atomic mass is 127. The van der Waals surface area contributed by atoms with E-state index in [1.807, 2.05) is 0 Å². The average Bonchev–Trinajstić information content (AvgIpc) is 2.19. The summed E-state index contributed by atoms with van der Waals surface area (Å²) in [6.07, 6.45) is 16.7. The Kier molecular flexibility index (Phi) is 3.25. The molecule has 70 valence electrons. The lowest BCUT2D eigenvalue weighted by molar-refractivity contribution is 0.608. The van der Waals surface area contributed by atoms with Crippen molar-refractivity contribution in [1.82, 2.24) is 0 Å². The van der Waals surface area contributed by atoms with Gasteiger partial charge in [0.25, 0.3) is 0 Å². The predicted octanol–water partition coefficient (Wildman–Crippen LogP) is 4.03. The summed E-state index contributed by atoms with van der Waals surface area (Å²) in [5.41, 5.74) is 1.64. The van der Waals surface area contributed by atoms with Gasteiger partial charge in [-0.15, -0.1) is 0 Å². The third kappa shape index (κ3) is 2.46. The van der Waals surface area contributed by atoms with Gasteiger partial charge in [0.05, 0.1) is 0 Å². The summed E-state index contributed by atoms with van der Waals surface area (Å²) in [5.74, 6) is 0.737. The maximum absolute atomic E-state index is 2.57. The summed E-state index contributed by atoms with van der Waals surface area (Å²) in [4.78, 5) is 0. The van der Waals surface area contributed by atoms with Crippen molar-refractivity contribution >= 4 is 22.6 Å². The number of hydrogen-bond acceptors (Lipinski definition) is 0. The lowest BCUT2D eigenvalue weighted by atomic mass is 9.85. The van der Waals surface area contributed by atoms with E-state index in [-0.39, 0.29) is 0 Å². The summed E-state index contributed by atoms with van der Waals surface area (Å²) in [5, 5.41) is 0. The summed E-state index contributed by atoms with van der Waals surface area (Å²) >= 11 is 2.57. The van der Waals surface area contributed by atoms with Crippen molar-refractivity contribution in [2.75, 3.05) is 0 Å². The average molecular weight is 286 g/mol. The highest BCUT2D eigenvalue weighted by molar-refractivity contribution is 14.1. The highest BCUT2D eigenvalue weighted by Gasteiger charge is 2.18. The molecule has 0 amide bonds. The smallest absolute Gasteiger partial charge is 0.0153 e. The second kappa shape index (κ2) is 4.45. The minimum atomic E-state index is 0.737. The molecule has 13 heavy (non-hydrogen) atoms. The zero-order valence-electron chi connectivity index (χ0n) is 7.75. The third-order valence-electron chi connectivity index (χ3n) is 2.79. The number of halogens is 1. The molecule has 0 radical (unpaired) electrons. The molecule has 0 spiro atoms. The maximum atomic E-state index is 2.57. The Hall–Kier alpha value is -0.0500. The standard InChI is InChI=1S/C12H15I/c13-12-8-4-7-11(9-12)10-5-2-1-3-6-10/h1-2,4-5,7,11-12H,3,6,8-9H2. The van der Waals surface area contributed by atoms with Crippen LogP contribution in [0.3, 0.4) is 0 Å². The monoisotopic (exact) mass is 286 g/mol. The first-order valence-corrected chi connectivity index (χ1v) is 6.27. The first kappa shape index (κ1) is 9.50. The van der Waals surface area contributed by atoms with Crippen molar-refractivity contribution in [2.24, 2.45) is 5.92 Å². The molecule has 0 heterocycles. The molecule has 0 aromatic rings. The normalized spacial score (nSPS) is 33.2. The van der Waals surface area contributed by atoms with Crippen molar-refractivity contribution in [3.63, 3.8) is 0 Å². The fraction of sp³-hybridized carbons (Fsp3) is 0.500. The van der Waals surface area contributed by atoms with Gasteiger partial charge in [0.1, 0.15) is 0 Å². The Morgan fingerprint density at radius 1 is 1.31 bits per heavy atom. The molecular weight excluding hydrogens is 271 g/mol. The van der Waals surface area contributed by atoms with Crippen molar-refractivity contribution in [1.29, 1.82) is 0 Å². The second-order valence-electron chi connectivity index (χ2n) is 3.81. The van der Waals surface area contributed by atoms with Gasteiger partial charge in [-0.25, -0.2) is 0 Å². The number of allylic oxidation sites excluding steroid dienone is 6. The van der Waals surface area contributed by atoms with E-state index in [1.165, 1.54) is 25.7 Å². The van der Waals surface area contributed by atoms with E-state index in [2.05, 4.69) is 53.0 Å². The molecule has 1 heteroatoms. The molecule has 2 aliphatic carbocycles. The van der Waals surface area contributed by atoms with Crippen LogP contribution in [0.25, 0.3) is 0 Å². The van der Waals surface area contributed by atoms with Crippen LogP contribution in [0.15, 0.2) is 36.0 Å². The van der Waals surface area contributed by atoms with Gasteiger partial charge < -0.3 is 0 Å². The van der Waals surface area contributed by atoms with Gasteiger partial charge in [-0.3, -0.25) is 0 Å². The van der Waals surface area contributed by atoms with Crippen LogP contribution in [-0.4, -0.2) is 3.92 Å². The lowest BCUT2D eigenvalue weighted by Crippen LogP contribution is -2.13. The molecule has 0 nitrogen and oxygen atoms in total. The van der Waals surface area contributed by atoms with E-state index in [0.29, 0.717) is 0 Å². The highest BCUT2D eigenvalue weighted by Crippen LogP contribution is 2.32. The van der Waals surface area contributed by atoms with E-state index in [0.717, 1.165) is 9.84 Å². The van der Waals surface area contributed by atoms with Gasteiger partial charge in [0.15, 0.2) is 0 Å². The van der Waals surface area contributed by atoms with Crippen LogP contribution >= 0.6 is 22.6 Å². The Morgan fingerprint density at radius 2 is 2.23 bits per heavy atom. The van der Waals surface area contributed by atoms with E-state index in [9.17, 15) is 0 Å². The molecule has 2 rings (SSSR count). The van der Waals surface area contributed by atoms with E-state index >= 15 is 0 Å². The zero-order chi connectivity index (χ0) is 9.10. The molecule has 0 bridgehead atoms. The second-order valence-corrected chi connectivity index (χ2v) is 5.57. The van der Waals surface area contributed by atoms with Crippen molar-refractivity contribution in [3.05, 3.63) is 36.0 Å². The zero-order valence-corrected chi connectivity index (χ0v) is 9.91. The molecule has 2 atom stereocenters. The largest absolute Gasteiger partial charge is 0.0869 e. The molecule has 0 aliphatic heterocycles. The SMILES string of the molecule is IC1CC=CC(C2=CC=CCC2)C1. The maximum Gasteiger partial charge on any atom is 0.0153 e. The molecule has 2 aliphatic rings. The number of alkyl halides is 1. The quantitative estimate of drug-likeness (QED) is 0.388. The minimum absolute atomic E-state index is 0.737. The van der Waals surface area contributed by atoms with Crippen LogP contribution in [0.4, 0.5) is 0 Å². The molecule has 0 N–H and O–H groups in total. The Balaban J connectivity index is 2.07. The topological polar surface area (TPSA) is 0 Å². The van der Waals surface area contributed by atoms with Gasteiger partial charge in [0.2, 0.25) is 0 Å². The summed E-state index contributed by atoms with van der Waals surface area (Å²) < 4.78 is 0.847. The molecule has 0 aromatic heterocycles. The van der Waals surface area contributed by atoms with Crippen molar-refractivity contribution in [3.8, 4) is 0 Å². The van der Waals surface area contributed by atoms with Gasteiger partial charge in [0, 0.05) is 3.92 Å². The van der Waals surface area contributed by atoms with E-state index in [4.69, 9.17) is 0 Å². The van der Waals surface area contributed by atoms with E-state index in [1.54, 1.807) is 5.57 Å². The summed E-state index contributed by atoms with van der Waals surface area (Å²) in [6.45, 7) is 0. The van der Waals surface area contributed by atoms with E-state index < -0.39 is 0 Å². The Morgan fingerprint density at radius 3 is 2.92 bits per heavy atom. The molecule has 0 saturated carbocycles. The van der Waals surface area contributed by atoms with Crippen LogP contribution in [0, 0.1) is 5.92 Å². The van der Waals surface area contributed by atoms with Crippen LogP contribution in [-0.2, 0) is 0 Å². The molecule has 0 aromatic carbocycles. The molecule has 0 saturated heterocycles. The van der Waals surface area contributed by atoms with Crippen LogP contribution in [0.5, 0.6) is 0 Å². The number of rotatable bonds is 1. The summed E-state index contributed by atoms with van der Waals surface area (Å²) in [6, 6.07) is 0. The molecule has 2 unspecified atom stereocenters. The van der Waals surface area contributed by atoms with Crippen LogP contribution in [0.1, 0.15) is 25.7 Å². The molecule has 0 fully saturated rings. The van der Waals surface area contributed by atoms with Crippen molar-refractivity contribution in [2.45, 2.75) is 29.6 Å². The third-order valence-corrected chi connectivity index (χ3v) is 3.81. The minimum Gasteiger partial charge on any atom is -0.0869 e. The first-order chi connectivity index (χ1) is 6.36. The summed E-state index contributed by atoms with van der Waals surface area (Å²) in [7, 11) is 0. The van der Waals surface area contributed by atoms with Gasteiger partial charge >= 0.3 is 0 Å². The fourth-order valence-electron chi connectivity index (χ4n) is 2.05. The van der Waals surface area contributed by atoms with Crippen LogP contribution in [0.2, 0.25) is 0 Å². The van der Waals surface area contributed by atoms with Gasteiger partial charge in [-0.2, -0.15) is 0 Å². The Bertz CT molecular complexity index is 260. The van der Waals surface area contributed by atoms with Gasteiger partial charge in [-0.05, 0) is 31.6 Å². The number of hydrogen-bond donors (Lipinski definition) is 0. The predicted molar refractivity (Wildman–Crippen MR) is 66.1 cm³/mol. The Labute approximate surface area is 93.9 Å². The first-order valence-electron chi connectivity index (χ1n) is 5.02. The lowest BCUT2D eigenvalue weighted by Gasteiger charge is -2.24.